The topological polar surface area (TPSA) is 26.0 Å². The molecule has 0 radical (unpaired) electrons. The van der Waals surface area contributed by atoms with Crippen LogP contribution < -0.4 is 5.73 Å². The van der Waals surface area contributed by atoms with Gasteiger partial charge in [-0.1, -0.05) is 31.9 Å². The highest BCUT2D eigenvalue weighted by atomic mass is 79.9. The van der Waals surface area contributed by atoms with Gasteiger partial charge < -0.3 is 5.73 Å². The molecule has 0 saturated heterocycles. The van der Waals surface area contributed by atoms with Gasteiger partial charge in [0.05, 0.1) is 0 Å². The normalized spacial score (nSPS) is 10.0. The van der Waals surface area contributed by atoms with Gasteiger partial charge in [0.2, 0.25) is 0 Å². The van der Waals surface area contributed by atoms with Crippen LogP contribution in [0, 0.1) is 0 Å². The Hall–Kier alpha value is 0.920. The van der Waals surface area contributed by atoms with Gasteiger partial charge in [0.1, 0.15) is 0 Å². The molecule has 0 aromatic rings. The monoisotopic (exact) mass is 215 g/mol. The Balaban J connectivity index is 2.75. The molecule has 0 atom stereocenters. The van der Waals surface area contributed by atoms with Gasteiger partial charge in [0.15, 0.2) is 0 Å². The third kappa shape index (κ3) is 3.12. The average molecular weight is 217 g/mol. The molecule has 0 spiro atoms. The first-order valence-electron chi connectivity index (χ1n) is 1.68. The quantitative estimate of drug-likeness (QED) is 0.688. The fourth-order valence-electron chi connectivity index (χ4n) is 0.0412. The van der Waals surface area contributed by atoms with E-state index in [0.29, 0.717) is 0 Å². The molecule has 0 aliphatic heterocycles. The van der Waals surface area contributed by atoms with Crippen LogP contribution in [-0.2, 0) is 0 Å². The largest absolute Gasteiger partial charge is 0.326 e. The molecule has 0 aliphatic rings. The smallest absolute Gasteiger partial charge is 0.0235 e. The van der Waals surface area contributed by atoms with E-state index in [0.717, 1.165) is 10.7 Å². The first-order chi connectivity index (χ1) is 2.81. The summed E-state index contributed by atoms with van der Waals surface area (Å²) < 4.78 is 0. The summed E-state index contributed by atoms with van der Waals surface area (Å²) in [7, 11) is 0. The molecule has 0 aromatic carbocycles. The predicted octanol–water partition coefficient (Wildman–Crippen LogP) is 1.10. The van der Waals surface area contributed by atoms with Gasteiger partial charge in [-0.05, 0) is 0 Å². The van der Waals surface area contributed by atoms with Crippen LogP contribution in [0.5, 0.6) is 0 Å². The molecule has 0 fully saturated rings. The summed E-state index contributed by atoms with van der Waals surface area (Å²) in [6, 6.07) is 0.269. The van der Waals surface area contributed by atoms with Crippen LogP contribution in [0.3, 0.4) is 0 Å². The Morgan fingerprint density at radius 2 is 1.67 bits per heavy atom. The number of hydrogen-bond donors (Lipinski definition) is 1. The Morgan fingerprint density at radius 1 is 1.33 bits per heavy atom. The maximum Gasteiger partial charge on any atom is 0.0235 e. The van der Waals surface area contributed by atoms with Gasteiger partial charge in [-0.25, -0.2) is 0 Å². The molecule has 0 aliphatic carbocycles. The van der Waals surface area contributed by atoms with Gasteiger partial charge in [-0.3, -0.25) is 0 Å². The lowest BCUT2D eigenvalue weighted by Gasteiger charge is -1.96. The molecule has 3 heteroatoms. The number of nitrogens with two attached hydrogens (primary N) is 1. The lowest BCUT2D eigenvalue weighted by atomic mass is 10.4. The van der Waals surface area contributed by atoms with Crippen LogP contribution >= 0.6 is 31.9 Å². The van der Waals surface area contributed by atoms with Crippen LogP contribution in [-0.4, -0.2) is 16.7 Å². The van der Waals surface area contributed by atoms with Crippen molar-refractivity contribution in [3.8, 4) is 0 Å². The number of hydrogen-bond acceptors (Lipinski definition) is 1. The molecule has 0 bridgehead atoms. The van der Waals surface area contributed by atoms with E-state index in [1.54, 1.807) is 0 Å². The van der Waals surface area contributed by atoms with Crippen molar-refractivity contribution >= 4 is 31.9 Å². The van der Waals surface area contributed by atoms with E-state index in [4.69, 9.17) is 5.73 Å². The Labute approximate surface area is 54.5 Å². The molecule has 0 aromatic heterocycles. The van der Waals surface area contributed by atoms with Gasteiger partial charge in [0.25, 0.3) is 0 Å². The lowest BCUT2D eigenvalue weighted by Crippen LogP contribution is -2.22. The zero-order valence-corrected chi connectivity index (χ0v) is 6.50. The molecule has 38 valence electrons. The second-order valence-electron chi connectivity index (χ2n) is 1.07. The molecule has 1 nitrogen and oxygen atoms in total. The summed E-state index contributed by atoms with van der Waals surface area (Å²) in [6.07, 6.45) is 0. The fourth-order valence-corrected chi connectivity index (χ4v) is 1.11. The van der Waals surface area contributed by atoms with E-state index in [9.17, 15) is 0 Å². The Bertz CT molecular complexity index is 28.0. The van der Waals surface area contributed by atoms with Crippen LogP contribution in [0.25, 0.3) is 0 Å². The minimum Gasteiger partial charge on any atom is -0.326 e. The van der Waals surface area contributed by atoms with Gasteiger partial charge in [-0.15, -0.1) is 0 Å². The lowest BCUT2D eigenvalue weighted by molar-refractivity contribution is 0.874. The fraction of sp³-hybridized carbons (Fsp3) is 1.00. The van der Waals surface area contributed by atoms with Crippen molar-refractivity contribution in [1.82, 2.24) is 0 Å². The maximum absolute atomic E-state index is 5.38. The van der Waals surface area contributed by atoms with Gasteiger partial charge >= 0.3 is 0 Å². The van der Waals surface area contributed by atoms with Crippen LogP contribution in [0.4, 0.5) is 0 Å². The molecule has 0 amide bonds. The van der Waals surface area contributed by atoms with E-state index in [2.05, 4.69) is 31.9 Å². The minimum absolute atomic E-state index is 0.269. The van der Waals surface area contributed by atoms with Gasteiger partial charge in [-0.2, -0.15) is 0 Å². The van der Waals surface area contributed by atoms with Crippen LogP contribution in [0.1, 0.15) is 0 Å². The first kappa shape index (κ1) is 6.92. The highest BCUT2D eigenvalue weighted by Crippen LogP contribution is 1.90. The molecule has 0 saturated carbocycles. The molecule has 2 N–H and O–H groups in total. The summed E-state index contributed by atoms with van der Waals surface area (Å²) in [5.41, 5.74) is 5.38. The average Bonchev–Trinajstić information content (AvgIpc) is 1.65. The number of rotatable bonds is 2. The Kier molecular flexibility index (Phi) is 4.72. The predicted molar refractivity (Wildman–Crippen MR) is 35.6 cm³/mol. The van der Waals surface area contributed by atoms with Crippen molar-refractivity contribution in [2.24, 2.45) is 5.73 Å². The molecule has 0 heterocycles. The third-order valence-electron chi connectivity index (χ3n) is 0.396. The summed E-state index contributed by atoms with van der Waals surface area (Å²) in [5.74, 6) is 0. The van der Waals surface area contributed by atoms with E-state index in [-0.39, 0.29) is 6.04 Å². The van der Waals surface area contributed by atoms with Crippen molar-refractivity contribution < 1.29 is 0 Å². The second kappa shape index (κ2) is 4.09. The Morgan fingerprint density at radius 3 is 1.67 bits per heavy atom. The number of halogens is 2. The van der Waals surface area contributed by atoms with Crippen molar-refractivity contribution in [3.05, 3.63) is 0 Å². The minimum atomic E-state index is 0.269. The first-order valence-corrected chi connectivity index (χ1v) is 3.93. The summed E-state index contributed by atoms with van der Waals surface area (Å²) in [6.45, 7) is 0. The molecular weight excluding hydrogens is 210 g/mol. The number of alkyl halides is 2. The van der Waals surface area contributed by atoms with E-state index < -0.39 is 0 Å². The molecule has 6 heavy (non-hydrogen) atoms. The van der Waals surface area contributed by atoms with Gasteiger partial charge in [0, 0.05) is 16.7 Å². The standard InChI is InChI=1S/C3H7Br2N/c4-1-3(6)2-5/h3H,1-2,6H2. The van der Waals surface area contributed by atoms with E-state index >= 15 is 0 Å². The molecule has 0 rings (SSSR count). The molecular formula is C3H7Br2N. The third-order valence-corrected chi connectivity index (χ3v) is 2.06. The van der Waals surface area contributed by atoms with Crippen molar-refractivity contribution in [3.63, 3.8) is 0 Å². The van der Waals surface area contributed by atoms with Crippen LogP contribution in [0.15, 0.2) is 0 Å². The highest BCUT2D eigenvalue weighted by molar-refractivity contribution is 9.09. The van der Waals surface area contributed by atoms with Crippen molar-refractivity contribution in [2.45, 2.75) is 6.04 Å². The highest BCUT2D eigenvalue weighted by Gasteiger charge is 1.91. The zero-order valence-electron chi connectivity index (χ0n) is 3.32. The van der Waals surface area contributed by atoms with Crippen molar-refractivity contribution in [1.29, 1.82) is 0 Å². The summed E-state index contributed by atoms with van der Waals surface area (Å²) in [5, 5.41) is 1.75. The second-order valence-corrected chi connectivity index (χ2v) is 2.36. The summed E-state index contributed by atoms with van der Waals surface area (Å²) in [4.78, 5) is 0. The zero-order chi connectivity index (χ0) is 4.99. The van der Waals surface area contributed by atoms with Crippen LogP contribution in [0.2, 0.25) is 0 Å². The van der Waals surface area contributed by atoms with E-state index in [1.165, 1.54) is 0 Å². The van der Waals surface area contributed by atoms with Crippen molar-refractivity contribution in [2.75, 3.05) is 10.7 Å². The maximum atomic E-state index is 5.38. The summed E-state index contributed by atoms with van der Waals surface area (Å²) >= 11 is 6.44. The SMILES string of the molecule is NC(CBr)CBr. The van der Waals surface area contributed by atoms with E-state index in [1.807, 2.05) is 0 Å². The molecule has 0 unspecified atom stereocenters.